The molecule has 4 rings (SSSR count). The number of fused-ring (bicyclic) bond motifs is 3. The summed E-state index contributed by atoms with van der Waals surface area (Å²) in [6.07, 6.45) is 5.88. The molecule has 0 fully saturated rings. The zero-order chi connectivity index (χ0) is 24.8. The standard InChI is InChI=1S/C28H32N2O5/c1-2-3-15-25(26(31)29-19-10-8-9-18(16-19)27(32)33)30-28(34)35-17-24-22-13-6-4-11-20(22)21-12-5-7-14-23(21)24/h4-8,10-14,18-19,24-25H,2-3,9,15-17H2,1H3,(H,29,31)(H,30,34)(H,32,33)/t18-,19-,25?/m0/s1. The fourth-order valence-electron chi connectivity index (χ4n) is 4.94. The molecule has 35 heavy (non-hydrogen) atoms. The molecule has 2 aromatic rings. The number of alkyl carbamates (subject to hydrolysis) is 1. The van der Waals surface area contributed by atoms with E-state index in [1.165, 1.54) is 0 Å². The molecule has 0 aromatic heterocycles. The Morgan fingerprint density at radius 1 is 1.06 bits per heavy atom. The first kappa shape index (κ1) is 24.5. The van der Waals surface area contributed by atoms with Crippen molar-refractivity contribution in [1.29, 1.82) is 0 Å². The second kappa shape index (κ2) is 11.2. The number of hydrogen-bond acceptors (Lipinski definition) is 4. The Hall–Kier alpha value is -3.61. The Morgan fingerprint density at radius 3 is 2.34 bits per heavy atom. The maximum atomic E-state index is 13.0. The van der Waals surface area contributed by atoms with Gasteiger partial charge in [0.2, 0.25) is 5.91 Å². The lowest BCUT2D eigenvalue weighted by atomic mass is 9.91. The van der Waals surface area contributed by atoms with Crippen LogP contribution in [0.3, 0.4) is 0 Å². The Bertz CT molecular complexity index is 1070. The molecule has 7 heteroatoms. The number of aliphatic carboxylic acids is 1. The van der Waals surface area contributed by atoms with Crippen LogP contribution in [0.1, 0.15) is 56.1 Å². The van der Waals surface area contributed by atoms with Gasteiger partial charge in [0.25, 0.3) is 0 Å². The van der Waals surface area contributed by atoms with E-state index in [0.717, 1.165) is 35.1 Å². The first-order valence-electron chi connectivity index (χ1n) is 12.3. The van der Waals surface area contributed by atoms with E-state index >= 15 is 0 Å². The van der Waals surface area contributed by atoms with Crippen LogP contribution < -0.4 is 10.6 Å². The van der Waals surface area contributed by atoms with Crippen molar-refractivity contribution in [2.75, 3.05) is 6.61 Å². The molecule has 1 unspecified atom stereocenters. The van der Waals surface area contributed by atoms with E-state index in [2.05, 4.69) is 34.9 Å². The van der Waals surface area contributed by atoms with E-state index in [-0.39, 0.29) is 24.5 Å². The van der Waals surface area contributed by atoms with Crippen molar-refractivity contribution >= 4 is 18.0 Å². The second-order valence-corrected chi connectivity index (χ2v) is 9.21. The van der Waals surface area contributed by atoms with Gasteiger partial charge in [-0.25, -0.2) is 4.79 Å². The largest absolute Gasteiger partial charge is 0.481 e. The van der Waals surface area contributed by atoms with Gasteiger partial charge in [-0.05, 0) is 41.5 Å². The van der Waals surface area contributed by atoms with Crippen LogP contribution in [-0.2, 0) is 14.3 Å². The highest BCUT2D eigenvalue weighted by molar-refractivity contribution is 5.86. The van der Waals surface area contributed by atoms with E-state index in [9.17, 15) is 19.5 Å². The fourth-order valence-corrected chi connectivity index (χ4v) is 4.94. The zero-order valence-corrected chi connectivity index (χ0v) is 19.9. The smallest absolute Gasteiger partial charge is 0.407 e. The van der Waals surface area contributed by atoms with Crippen molar-refractivity contribution < 1.29 is 24.2 Å². The molecule has 0 saturated carbocycles. The first-order valence-corrected chi connectivity index (χ1v) is 12.3. The highest BCUT2D eigenvalue weighted by atomic mass is 16.5. The van der Waals surface area contributed by atoms with Gasteiger partial charge in [0.15, 0.2) is 0 Å². The highest BCUT2D eigenvalue weighted by Crippen LogP contribution is 2.44. The maximum absolute atomic E-state index is 13.0. The number of carbonyl (C=O) groups excluding carboxylic acids is 2. The quantitative estimate of drug-likeness (QED) is 0.458. The lowest BCUT2D eigenvalue weighted by Gasteiger charge is -2.25. The Labute approximate surface area is 205 Å². The Morgan fingerprint density at radius 2 is 1.71 bits per heavy atom. The van der Waals surface area contributed by atoms with E-state index in [1.54, 1.807) is 6.08 Å². The predicted octanol–water partition coefficient (Wildman–Crippen LogP) is 4.62. The normalized spacial score (nSPS) is 19.3. The molecule has 0 bridgehead atoms. The SMILES string of the molecule is CCCCC(NC(=O)OCC1c2ccccc2-c2ccccc21)C(=O)N[C@H]1C=CC[C@H](C(=O)O)C1. The molecule has 0 saturated heterocycles. The van der Waals surface area contributed by atoms with Gasteiger partial charge in [0.05, 0.1) is 5.92 Å². The summed E-state index contributed by atoms with van der Waals surface area (Å²) in [5.41, 5.74) is 4.55. The summed E-state index contributed by atoms with van der Waals surface area (Å²) >= 11 is 0. The number of hydrogen-bond donors (Lipinski definition) is 3. The number of benzene rings is 2. The summed E-state index contributed by atoms with van der Waals surface area (Å²) in [5, 5.41) is 14.9. The van der Waals surface area contributed by atoms with Crippen LogP contribution in [0.2, 0.25) is 0 Å². The van der Waals surface area contributed by atoms with Crippen LogP contribution in [0.5, 0.6) is 0 Å². The van der Waals surface area contributed by atoms with Crippen LogP contribution in [0.25, 0.3) is 11.1 Å². The number of carbonyl (C=O) groups is 3. The third kappa shape index (κ3) is 5.73. The summed E-state index contributed by atoms with van der Waals surface area (Å²) in [5.74, 6) is -1.77. The summed E-state index contributed by atoms with van der Waals surface area (Å²) < 4.78 is 5.62. The lowest BCUT2D eigenvalue weighted by Crippen LogP contribution is -2.50. The third-order valence-corrected chi connectivity index (χ3v) is 6.80. The van der Waals surface area contributed by atoms with Crippen LogP contribution in [-0.4, -0.2) is 41.8 Å². The molecule has 184 valence electrons. The molecule has 0 spiro atoms. The number of nitrogens with one attached hydrogen (secondary N) is 2. The van der Waals surface area contributed by atoms with Crippen LogP contribution >= 0.6 is 0 Å². The molecule has 2 amide bonds. The summed E-state index contributed by atoms with van der Waals surface area (Å²) in [6.45, 7) is 2.19. The van der Waals surface area contributed by atoms with Crippen molar-refractivity contribution in [3.63, 3.8) is 0 Å². The molecule has 3 N–H and O–H groups in total. The minimum absolute atomic E-state index is 0.0589. The second-order valence-electron chi connectivity index (χ2n) is 9.21. The first-order chi connectivity index (χ1) is 17.0. The van der Waals surface area contributed by atoms with Crippen molar-refractivity contribution in [2.24, 2.45) is 5.92 Å². The van der Waals surface area contributed by atoms with Gasteiger partial charge < -0.3 is 20.5 Å². The van der Waals surface area contributed by atoms with Gasteiger partial charge in [0.1, 0.15) is 12.6 Å². The monoisotopic (exact) mass is 476 g/mol. The number of unbranched alkanes of at least 4 members (excludes halogenated alkanes) is 1. The van der Waals surface area contributed by atoms with Gasteiger partial charge in [-0.1, -0.05) is 80.4 Å². The molecule has 0 radical (unpaired) electrons. The van der Waals surface area contributed by atoms with Crippen molar-refractivity contribution in [1.82, 2.24) is 10.6 Å². The molecule has 0 heterocycles. The average Bonchev–Trinajstić information content (AvgIpc) is 3.19. The van der Waals surface area contributed by atoms with E-state index in [0.29, 0.717) is 19.3 Å². The number of rotatable bonds is 9. The Kier molecular flexibility index (Phi) is 7.85. The van der Waals surface area contributed by atoms with Gasteiger partial charge >= 0.3 is 12.1 Å². The van der Waals surface area contributed by atoms with Crippen LogP contribution in [0.15, 0.2) is 60.7 Å². The van der Waals surface area contributed by atoms with Crippen LogP contribution in [0, 0.1) is 5.92 Å². The zero-order valence-electron chi connectivity index (χ0n) is 19.9. The van der Waals surface area contributed by atoms with Gasteiger partial charge in [-0.3, -0.25) is 9.59 Å². The molecule has 3 atom stereocenters. The summed E-state index contributed by atoms with van der Waals surface area (Å²) in [7, 11) is 0. The van der Waals surface area contributed by atoms with Crippen LogP contribution in [0.4, 0.5) is 4.79 Å². The molecular formula is C28H32N2O5. The summed E-state index contributed by atoms with van der Waals surface area (Å²) in [4.78, 5) is 37.0. The highest BCUT2D eigenvalue weighted by Gasteiger charge is 2.31. The molecule has 2 aromatic carbocycles. The van der Waals surface area contributed by atoms with Crippen molar-refractivity contribution in [2.45, 2.75) is 57.0 Å². The van der Waals surface area contributed by atoms with E-state index in [1.807, 2.05) is 37.3 Å². The minimum Gasteiger partial charge on any atom is -0.481 e. The molecule has 2 aliphatic rings. The Balaban J connectivity index is 1.37. The molecule has 0 aliphatic heterocycles. The average molecular weight is 477 g/mol. The summed E-state index contributed by atoms with van der Waals surface area (Å²) in [6, 6.07) is 15.1. The predicted molar refractivity (Wildman–Crippen MR) is 133 cm³/mol. The number of allylic oxidation sites excluding steroid dienone is 1. The van der Waals surface area contributed by atoms with E-state index < -0.39 is 24.0 Å². The number of ether oxygens (including phenoxy) is 1. The number of carboxylic acids is 1. The maximum Gasteiger partial charge on any atom is 0.407 e. The third-order valence-electron chi connectivity index (χ3n) is 6.80. The number of carboxylic acid groups (broad SMARTS) is 1. The van der Waals surface area contributed by atoms with Gasteiger partial charge in [-0.2, -0.15) is 0 Å². The lowest BCUT2D eigenvalue weighted by molar-refractivity contribution is -0.142. The van der Waals surface area contributed by atoms with Crippen molar-refractivity contribution in [3.05, 3.63) is 71.8 Å². The van der Waals surface area contributed by atoms with Crippen molar-refractivity contribution in [3.8, 4) is 11.1 Å². The van der Waals surface area contributed by atoms with E-state index in [4.69, 9.17) is 4.74 Å². The van der Waals surface area contributed by atoms with Gasteiger partial charge in [-0.15, -0.1) is 0 Å². The topological polar surface area (TPSA) is 105 Å². The molecule has 7 nitrogen and oxygen atoms in total. The minimum atomic E-state index is -0.868. The van der Waals surface area contributed by atoms with Gasteiger partial charge in [0, 0.05) is 12.0 Å². The molecule has 2 aliphatic carbocycles. The number of amides is 2. The molecular weight excluding hydrogens is 444 g/mol. The fraction of sp³-hybridized carbons (Fsp3) is 0.393.